The first kappa shape index (κ1) is 19.3. The molecular formula is C16H27NO6. The molecule has 132 valence electrons. The Kier molecular flexibility index (Phi) is 6.84. The number of ether oxygens (including phenoxy) is 3. The maximum Gasteiger partial charge on any atom is 0.410 e. The van der Waals surface area contributed by atoms with Crippen LogP contribution in [0.25, 0.3) is 0 Å². The highest BCUT2D eigenvalue weighted by Gasteiger charge is 2.42. The van der Waals surface area contributed by atoms with Crippen molar-refractivity contribution in [2.24, 2.45) is 11.8 Å². The van der Waals surface area contributed by atoms with Gasteiger partial charge in [0, 0.05) is 19.0 Å². The zero-order valence-corrected chi connectivity index (χ0v) is 14.6. The summed E-state index contributed by atoms with van der Waals surface area (Å²) in [5.74, 6) is -2.51. The lowest BCUT2D eigenvalue weighted by Gasteiger charge is -2.25. The molecule has 0 aromatic heterocycles. The van der Waals surface area contributed by atoms with Crippen LogP contribution >= 0.6 is 0 Å². The van der Waals surface area contributed by atoms with E-state index >= 15 is 0 Å². The third-order valence-electron chi connectivity index (χ3n) is 3.43. The molecule has 0 aromatic rings. The van der Waals surface area contributed by atoms with Crippen LogP contribution < -0.4 is 0 Å². The number of likely N-dealkylation sites (tertiary alicyclic amines) is 1. The maximum absolute atomic E-state index is 12.1. The molecule has 0 aliphatic carbocycles. The molecule has 1 unspecified atom stereocenters. The van der Waals surface area contributed by atoms with Crippen molar-refractivity contribution < 1.29 is 28.6 Å². The highest BCUT2D eigenvalue weighted by Crippen LogP contribution is 2.28. The summed E-state index contributed by atoms with van der Waals surface area (Å²) in [6.07, 6.45) is 0.0908. The normalized spacial score (nSPS) is 18.0. The minimum absolute atomic E-state index is 0.192. The summed E-state index contributed by atoms with van der Waals surface area (Å²) in [6, 6.07) is 0. The number of amides is 1. The van der Waals surface area contributed by atoms with E-state index in [1.165, 1.54) is 4.90 Å². The maximum atomic E-state index is 12.1. The van der Waals surface area contributed by atoms with Crippen molar-refractivity contribution in [3.63, 3.8) is 0 Å². The molecule has 7 nitrogen and oxygen atoms in total. The van der Waals surface area contributed by atoms with E-state index < -0.39 is 29.6 Å². The van der Waals surface area contributed by atoms with Gasteiger partial charge in [-0.05, 0) is 41.0 Å². The van der Waals surface area contributed by atoms with Gasteiger partial charge < -0.3 is 19.1 Å². The second kappa shape index (κ2) is 8.17. The first-order valence-electron chi connectivity index (χ1n) is 8.00. The van der Waals surface area contributed by atoms with Crippen LogP contribution in [0.5, 0.6) is 0 Å². The molecule has 0 bridgehead atoms. The SMILES string of the molecule is CCOC(=O)C(C(=O)OCC)C1CCN(C(=O)OC(C)(C)C)C1. The molecule has 0 saturated carbocycles. The fourth-order valence-corrected chi connectivity index (χ4v) is 2.50. The highest BCUT2D eigenvalue weighted by atomic mass is 16.6. The molecule has 1 amide bonds. The van der Waals surface area contributed by atoms with Gasteiger partial charge in [-0.1, -0.05) is 0 Å². The Bertz CT molecular complexity index is 424. The molecule has 0 spiro atoms. The summed E-state index contributed by atoms with van der Waals surface area (Å²) in [5, 5.41) is 0. The molecule has 1 atom stereocenters. The molecule has 1 fully saturated rings. The number of hydrogen-bond acceptors (Lipinski definition) is 6. The fourth-order valence-electron chi connectivity index (χ4n) is 2.50. The number of carbonyl (C=O) groups is 3. The van der Waals surface area contributed by atoms with Crippen LogP contribution in [0.3, 0.4) is 0 Å². The molecule has 1 aliphatic heterocycles. The van der Waals surface area contributed by atoms with E-state index in [1.54, 1.807) is 34.6 Å². The van der Waals surface area contributed by atoms with Crippen molar-refractivity contribution in [1.82, 2.24) is 4.90 Å². The summed E-state index contributed by atoms with van der Waals surface area (Å²) in [6.45, 7) is 9.83. The Hall–Kier alpha value is -1.79. The van der Waals surface area contributed by atoms with Gasteiger partial charge in [-0.2, -0.15) is 0 Å². The average Bonchev–Trinajstić information content (AvgIpc) is 2.87. The minimum Gasteiger partial charge on any atom is -0.465 e. The van der Waals surface area contributed by atoms with Gasteiger partial charge in [0.2, 0.25) is 0 Å². The molecule has 0 aromatic carbocycles. The van der Waals surface area contributed by atoms with Crippen LogP contribution in [0.4, 0.5) is 4.79 Å². The summed E-state index contributed by atoms with van der Waals surface area (Å²) in [5.41, 5.74) is -0.586. The number of carbonyl (C=O) groups excluding carboxylic acids is 3. The van der Waals surface area contributed by atoms with Crippen LogP contribution in [0, 0.1) is 11.8 Å². The Morgan fingerprint density at radius 1 is 1.09 bits per heavy atom. The van der Waals surface area contributed by atoms with Crippen LogP contribution in [-0.2, 0) is 23.8 Å². The highest BCUT2D eigenvalue weighted by molar-refractivity contribution is 5.95. The summed E-state index contributed by atoms with van der Waals surface area (Å²) >= 11 is 0. The van der Waals surface area contributed by atoms with Gasteiger partial charge in [-0.25, -0.2) is 4.79 Å². The monoisotopic (exact) mass is 329 g/mol. The van der Waals surface area contributed by atoms with Crippen LogP contribution in [0.1, 0.15) is 41.0 Å². The lowest BCUT2D eigenvalue weighted by molar-refractivity contribution is -0.164. The van der Waals surface area contributed by atoms with Crippen molar-refractivity contribution >= 4 is 18.0 Å². The van der Waals surface area contributed by atoms with Gasteiger partial charge >= 0.3 is 18.0 Å². The average molecular weight is 329 g/mol. The molecule has 23 heavy (non-hydrogen) atoms. The molecule has 0 radical (unpaired) electrons. The van der Waals surface area contributed by atoms with Crippen LogP contribution in [0.2, 0.25) is 0 Å². The topological polar surface area (TPSA) is 82.1 Å². The zero-order chi connectivity index (χ0) is 17.6. The first-order valence-corrected chi connectivity index (χ1v) is 8.00. The van der Waals surface area contributed by atoms with Crippen LogP contribution in [-0.4, -0.2) is 54.8 Å². The van der Waals surface area contributed by atoms with E-state index in [1.807, 2.05) is 0 Å². The van der Waals surface area contributed by atoms with Gasteiger partial charge in [0.15, 0.2) is 5.92 Å². The Labute approximate surface area is 137 Å². The van der Waals surface area contributed by atoms with E-state index in [0.29, 0.717) is 13.0 Å². The van der Waals surface area contributed by atoms with Gasteiger partial charge in [-0.3, -0.25) is 9.59 Å². The summed E-state index contributed by atoms with van der Waals surface area (Å²) in [4.78, 5) is 37.8. The number of hydrogen-bond donors (Lipinski definition) is 0. The van der Waals surface area contributed by atoms with Crippen LogP contribution in [0.15, 0.2) is 0 Å². The first-order chi connectivity index (χ1) is 10.7. The second-order valence-electron chi connectivity index (χ2n) is 6.46. The third kappa shape index (κ3) is 5.73. The fraction of sp³-hybridized carbons (Fsp3) is 0.812. The molecule has 0 N–H and O–H groups in total. The number of rotatable bonds is 5. The van der Waals surface area contributed by atoms with E-state index in [-0.39, 0.29) is 25.7 Å². The molecule has 1 heterocycles. The van der Waals surface area contributed by atoms with Gasteiger partial charge in [0.1, 0.15) is 5.60 Å². The Morgan fingerprint density at radius 3 is 2.04 bits per heavy atom. The standard InChI is InChI=1S/C16H27NO6/c1-6-21-13(18)12(14(19)22-7-2)11-8-9-17(10-11)15(20)23-16(3,4)5/h11-12H,6-10H2,1-5H3. The van der Waals surface area contributed by atoms with E-state index in [0.717, 1.165) is 0 Å². The van der Waals surface area contributed by atoms with Crippen molar-refractivity contribution in [2.75, 3.05) is 26.3 Å². The molecular weight excluding hydrogens is 302 g/mol. The van der Waals surface area contributed by atoms with Crippen molar-refractivity contribution in [1.29, 1.82) is 0 Å². The van der Waals surface area contributed by atoms with Crippen molar-refractivity contribution in [3.8, 4) is 0 Å². The predicted molar refractivity (Wildman–Crippen MR) is 82.7 cm³/mol. The molecule has 1 aliphatic rings. The van der Waals surface area contributed by atoms with Crippen molar-refractivity contribution in [2.45, 2.75) is 46.6 Å². The predicted octanol–water partition coefficient (Wildman–Crippen LogP) is 1.99. The Morgan fingerprint density at radius 2 is 1.61 bits per heavy atom. The van der Waals surface area contributed by atoms with Gasteiger partial charge in [0.05, 0.1) is 13.2 Å². The van der Waals surface area contributed by atoms with E-state index in [9.17, 15) is 14.4 Å². The second-order valence-corrected chi connectivity index (χ2v) is 6.46. The Balaban J connectivity index is 2.76. The molecule has 1 rings (SSSR count). The smallest absolute Gasteiger partial charge is 0.410 e. The summed E-state index contributed by atoms with van der Waals surface area (Å²) in [7, 11) is 0. The minimum atomic E-state index is -0.998. The van der Waals surface area contributed by atoms with Gasteiger partial charge in [-0.15, -0.1) is 0 Å². The number of esters is 2. The molecule has 7 heteroatoms. The van der Waals surface area contributed by atoms with Crippen molar-refractivity contribution in [3.05, 3.63) is 0 Å². The summed E-state index contributed by atoms with van der Waals surface area (Å²) < 4.78 is 15.3. The zero-order valence-electron chi connectivity index (χ0n) is 14.6. The van der Waals surface area contributed by atoms with Gasteiger partial charge in [0.25, 0.3) is 0 Å². The number of nitrogens with zero attached hydrogens (tertiary/aromatic N) is 1. The van der Waals surface area contributed by atoms with E-state index in [4.69, 9.17) is 14.2 Å². The quantitative estimate of drug-likeness (QED) is 0.436. The lowest BCUT2D eigenvalue weighted by Crippen LogP contribution is -2.38. The van der Waals surface area contributed by atoms with E-state index in [2.05, 4.69) is 0 Å². The third-order valence-corrected chi connectivity index (χ3v) is 3.43. The lowest BCUT2D eigenvalue weighted by atomic mass is 9.91. The largest absolute Gasteiger partial charge is 0.465 e. The molecule has 1 saturated heterocycles.